The zero-order chi connectivity index (χ0) is 18.8. The summed E-state index contributed by atoms with van der Waals surface area (Å²) in [5.41, 5.74) is 3.22. The molecule has 3 heterocycles. The Bertz CT molecular complexity index is 977. The maximum absolute atomic E-state index is 6.04. The lowest BCUT2D eigenvalue weighted by molar-refractivity contribution is -0.746. The normalized spacial score (nSPS) is 22.5. The van der Waals surface area contributed by atoms with Crippen molar-refractivity contribution in [2.75, 3.05) is 5.01 Å². The number of quaternary nitrogens is 1. The fraction of sp³-hybridized carbons (Fsp3) is 0.227. The molecule has 6 heteroatoms. The predicted octanol–water partition coefficient (Wildman–Crippen LogP) is 4.19. The van der Waals surface area contributed by atoms with Gasteiger partial charge in [-0.05, 0) is 37.5 Å². The lowest BCUT2D eigenvalue weighted by Gasteiger charge is -2.46. The van der Waals surface area contributed by atoms with Crippen LogP contribution < -0.4 is 9.75 Å². The van der Waals surface area contributed by atoms with Crippen molar-refractivity contribution in [3.63, 3.8) is 0 Å². The number of fused-ring (bicyclic) bond motifs is 1. The van der Waals surface area contributed by atoms with Gasteiger partial charge >= 0.3 is 0 Å². The number of hydrogen-bond donors (Lipinski definition) is 0. The van der Waals surface area contributed by atoms with Gasteiger partial charge in [0.15, 0.2) is 6.20 Å². The number of hydrogen-bond acceptors (Lipinski definition) is 5. The quantitative estimate of drug-likeness (QED) is 0.715. The van der Waals surface area contributed by atoms with Gasteiger partial charge in [-0.3, -0.25) is 9.98 Å². The Morgan fingerprint density at radius 2 is 2.11 bits per heavy atom. The van der Waals surface area contributed by atoms with Crippen LogP contribution in [0.4, 0.5) is 5.69 Å². The van der Waals surface area contributed by atoms with Gasteiger partial charge in [-0.1, -0.05) is 12.1 Å². The minimum absolute atomic E-state index is 0.456. The molecule has 28 heavy (non-hydrogen) atoms. The maximum Gasteiger partial charge on any atom is 0.225 e. The van der Waals surface area contributed by atoms with E-state index in [9.17, 15) is 0 Å². The van der Waals surface area contributed by atoms with E-state index >= 15 is 0 Å². The summed E-state index contributed by atoms with van der Waals surface area (Å²) < 4.78 is 6.50. The molecule has 140 valence electrons. The Balaban J connectivity index is 1.45. The fourth-order valence-corrected chi connectivity index (χ4v) is 3.80. The first-order valence-corrected chi connectivity index (χ1v) is 9.61. The van der Waals surface area contributed by atoms with Gasteiger partial charge in [-0.15, -0.1) is 4.59 Å². The zero-order valence-electron chi connectivity index (χ0n) is 15.6. The van der Waals surface area contributed by atoms with Crippen molar-refractivity contribution in [2.24, 2.45) is 9.98 Å². The van der Waals surface area contributed by atoms with Crippen LogP contribution in [0, 0.1) is 0 Å². The number of rotatable bonds is 6. The van der Waals surface area contributed by atoms with Crippen molar-refractivity contribution < 1.29 is 9.33 Å². The van der Waals surface area contributed by atoms with Gasteiger partial charge in [-0.2, -0.15) is 0 Å². The third-order valence-corrected chi connectivity index (χ3v) is 5.44. The minimum Gasteiger partial charge on any atom is -0.489 e. The third-order valence-electron chi connectivity index (χ3n) is 5.44. The molecule has 1 fully saturated rings. The Kier molecular flexibility index (Phi) is 4.25. The van der Waals surface area contributed by atoms with Crippen molar-refractivity contribution >= 4 is 18.2 Å². The summed E-state index contributed by atoms with van der Waals surface area (Å²) in [7, 11) is 0. The summed E-state index contributed by atoms with van der Waals surface area (Å²) in [6.07, 6.45) is 16.9. The summed E-state index contributed by atoms with van der Waals surface area (Å²) in [6.45, 7) is 0.500. The molecule has 1 saturated carbocycles. The predicted molar refractivity (Wildman–Crippen MR) is 110 cm³/mol. The second-order valence-electron chi connectivity index (χ2n) is 7.21. The molecular weight excluding hydrogens is 350 g/mol. The molecule has 5 rings (SSSR count). The van der Waals surface area contributed by atoms with Crippen molar-refractivity contribution in [1.82, 2.24) is 4.98 Å². The fourth-order valence-electron chi connectivity index (χ4n) is 3.80. The number of anilines is 1. The van der Waals surface area contributed by atoms with Crippen LogP contribution >= 0.6 is 0 Å². The maximum atomic E-state index is 6.04. The molecule has 1 atom stereocenters. The van der Waals surface area contributed by atoms with E-state index in [-0.39, 0.29) is 0 Å². The molecule has 1 aliphatic carbocycles. The number of benzene rings is 1. The average Bonchev–Trinajstić information content (AvgIpc) is 3.15. The van der Waals surface area contributed by atoms with Crippen LogP contribution in [-0.4, -0.2) is 28.2 Å². The van der Waals surface area contributed by atoms with Crippen LogP contribution in [-0.2, 0) is 6.61 Å². The average molecular weight is 372 g/mol. The van der Waals surface area contributed by atoms with Crippen LogP contribution in [0.1, 0.15) is 24.8 Å². The van der Waals surface area contributed by atoms with Gasteiger partial charge in [0.25, 0.3) is 0 Å². The van der Waals surface area contributed by atoms with Gasteiger partial charge in [-0.25, -0.2) is 10.0 Å². The summed E-state index contributed by atoms with van der Waals surface area (Å²) in [4.78, 5) is 12.9. The molecule has 2 aliphatic heterocycles. The van der Waals surface area contributed by atoms with E-state index in [0.29, 0.717) is 17.2 Å². The van der Waals surface area contributed by atoms with Crippen LogP contribution in [0.2, 0.25) is 0 Å². The molecule has 0 saturated heterocycles. The van der Waals surface area contributed by atoms with Gasteiger partial charge in [0.1, 0.15) is 12.4 Å². The molecule has 6 nitrogen and oxygen atoms in total. The Hall–Kier alpha value is -3.25. The third kappa shape index (κ3) is 2.92. The van der Waals surface area contributed by atoms with Crippen molar-refractivity contribution in [3.05, 3.63) is 78.7 Å². The lowest BCUT2D eigenvalue weighted by Crippen LogP contribution is -2.61. The lowest BCUT2D eigenvalue weighted by atomic mass is 9.91. The van der Waals surface area contributed by atoms with E-state index in [1.54, 1.807) is 6.20 Å². The standard InChI is InChI=1S/C22H22N5O/c1-5-19(6-1)26(27-11-10-24-14-21(27)15-25-17-27)20-7-2-8-22(12-20)28-16-18-4-3-9-23-13-18/h2-4,7-15,17,19H,1,5-6,16H2/q+1. The summed E-state index contributed by atoms with van der Waals surface area (Å²) >= 11 is 0. The molecule has 3 aliphatic rings. The molecule has 1 aromatic heterocycles. The van der Waals surface area contributed by atoms with Gasteiger partial charge < -0.3 is 4.74 Å². The van der Waals surface area contributed by atoms with E-state index in [1.165, 1.54) is 19.3 Å². The van der Waals surface area contributed by atoms with E-state index in [4.69, 9.17) is 4.74 Å². The first-order chi connectivity index (χ1) is 13.9. The Morgan fingerprint density at radius 1 is 1.14 bits per heavy atom. The molecular formula is C22H22N5O+. The summed E-state index contributed by atoms with van der Waals surface area (Å²) in [5, 5.41) is 2.42. The van der Waals surface area contributed by atoms with Crippen LogP contribution in [0.5, 0.6) is 5.75 Å². The number of allylic oxidation sites excluding steroid dienone is 1. The van der Waals surface area contributed by atoms with Crippen molar-refractivity contribution in [1.29, 1.82) is 0 Å². The Labute approximate surface area is 164 Å². The molecule has 1 aromatic carbocycles. The molecule has 0 amide bonds. The van der Waals surface area contributed by atoms with Crippen molar-refractivity contribution in [2.45, 2.75) is 31.9 Å². The largest absolute Gasteiger partial charge is 0.489 e. The van der Waals surface area contributed by atoms with Crippen LogP contribution in [0.3, 0.4) is 0 Å². The van der Waals surface area contributed by atoms with Crippen molar-refractivity contribution in [3.8, 4) is 5.75 Å². The number of ether oxygens (including phenoxy) is 1. The zero-order valence-corrected chi connectivity index (χ0v) is 15.6. The molecule has 1 unspecified atom stereocenters. The summed E-state index contributed by atoms with van der Waals surface area (Å²) in [6, 6.07) is 12.7. The smallest absolute Gasteiger partial charge is 0.225 e. The highest BCUT2D eigenvalue weighted by atomic mass is 16.5. The van der Waals surface area contributed by atoms with E-state index in [1.807, 2.05) is 49.3 Å². The van der Waals surface area contributed by atoms with E-state index < -0.39 is 0 Å². The second kappa shape index (κ2) is 7.05. The molecule has 2 aromatic rings. The number of aromatic nitrogens is 1. The molecule has 0 N–H and O–H groups in total. The van der Waals surface area contributed by atoms with E-state index in [0.717, 1.165) is 22.7 Å². The molecule has 0 spiro atoms. The topological polar surface area (TPSA) is 50.1 Å². The van der Waals surface area contributed by atoms with E-state index in [2.05, 4.69) is 44.4 Å². The van der Waals surface area contributed by atoms with Gasteiger partial charge in [0.05, 0.1) is 30.3 Å². The van der Waals surface area contributed by atoms with Gasteiger partial charge in [0.2, 0.25) is 12.0 Å². The number of nitrogens with zero attached hydrogens (tertiary/aromatic N) is 5. The highest BCUT2D eigenvalue weighted by Gasteiger charge is 2.46. The molecule has 0 radical (unpaired) electrons. The highest BCUT2D eigenvalue weighted by molar-refractivity contribution is 5.82. The SMILES string of the molecule is C1=C[N+]2(N(c3cccc(OCc4cccnc4)c3)C3CCC3)C=NC=C2C=N1. The number of pyridine rings is 1. The Morgan fingerprint density at radius 3 is 2.93 bits per heavy atom. The first kappa shape index (κ1) is 16.9. The number of aliphatic imine (C=N–C) groups is 2. The second-order valence-corrected chi connectivity index (χ2v) is 7.21. The minimum atomic E-state index is 0.456. The van der Waals surface area contributed by atoms with Gasteiger partial charge in [0, 0.05) is 24.0 Å². The van der Waals surface area contributed by atoms with Crippen LogP contribution in [0.25, 0.3) is 0 Å². The summed E-state index contributed by atoms with van der Waals surface area (Å²) in [5.74, 6) is 0.847. The van der Waals surface area contributed by atoms with Crippen LogP contribution in [0.15, 0.2) is 83.1 Å². The molecule has 0 bridgehead atoms. The highest BCUT2D eigenvalue weighted by Crippen LogP contribution is 2.39. The monoisotopic (exact) mass is 372 g/mol. The first-order valence-electron chi connectivity index (χ1n) is 9.61.